The first kappa shape index (κ1) is 9.14. The molecule has 1 unspecified atom stereocenters. The van der Waals surface area contributed by atoms with Gasteiger partial charge in [0.2, 0.25) is 0 Å². The summed E-state index contributed by atoms with van der Waals surface area (Å²) in [4.78, 5) is 11.3. The zero-order valence-corrected chi connectivity index (χ0v) is 7.60. The summed E-state index contributed by atoms with van der Waals surface area (Å²) in [6.45, 7) is 1.30. The molecule has 1 aromatic rings. The molecule has 0 bridgehead atoms. The molecular weight excluding hydrogens is 186 g/mol. The van der Waals surface area contributed by atoms with Crippen LogP contribution in [-0.4, -0.2) is 35.5 Å². The second-order valence-electron chi connectivity index (χ2n) is 3.14. The van der Waals surface area contributed by atoms with Gasteiger partial charge in [-0.1, -0.05) is 5.16 Å². The first-order valence-corrected chi connectivity index (χ1v) is 4.53. The van der Waals surface area contributed by atoms with Gasteiger partial charge in [-0.15, -0.1) is 0 Å². The number of amides is 1. The molecule has 14 heavy (non-hydrogen) atoms. The molecule has 1 amide bonds. The van der Waals surface area contributed by atoms with Crippen molar-refractivity contribution < 1.29 is 14.2 Å². The largest absolute Gasteiger partial charge is 0.376 e. The van der Waals surface area contributed by atoms with Crippen LogP contribution in [0.1, 0.15) is 23.3 Å². The predicted molar refractivity (Wildman–Crippen MR) is 45.6 cm³/mol. The first-order chi connectivity index (χ1) is 6.86. The maximum absolute atomic E-state index is 11.3. The smallest absolute Gasteiger partial charge is 0.275 e. The monoisotopic (exact) mass is 197 g/mol. The molecule has 1 aliphatic rings. The van der Waals surface area contributed by atoms with Gasteiger partial charge in [0.15, 0.2) is 5.69 Å². The lowest BCUT2D eigenvalue weighted by atomic mass is 10.2. The average Bonchev–Trinajstić information content (AvgIpc) is 2.87. The third-order valence-electron chi connectivity index (χ3n) is 2.11. The minimum Gasteiger partial charge on any atom is -0.376 e. The molecule has 1 saturated heterocycles. The number of nitrogens with one attached hydrogen (secondary N) is 1. The van der Waals surface area contributed by atoms with E-state index >= 15 is 0 Å². The Morgan fingerprint density at radius 2 is 2.64 bits per heavy atom. The summed E-state index contributed by atoms with van der Waals surface area (Å²) in [5.41, 5.74) is 0.197. The fraction of sp³-hybridized carbons (Fsp3) is 0.625. The molecule has 1 aromatic heterocycles. The molecule has 1 fully saturated rings. The minimum absolute atomic E-state index is 0.138. The van der Waals surface area contributed by atoms with Gasteiger partial charge in [-0.25, -0.2) is 4.63 Å². The van der Waals surface area contributed by atoms with Crippen LogP contribution in [0.2, 0.25) is 0 Å². The van der Waals surface area contributed by atoms with Crippen molar-refractivity contribution in [2.45, 2.75) is 18.9 Å². The molecule has 6 nitrogen and oxygen atoms in total. The number of nitrogens with zero attached hydrogens (tertiary/aromatic N) is 2. The fourth-order valence-corrected chi connectivity index (χ4v) is 1.37. The lowest BCUT2D eigenvalue weighted by molar-refractivity contribution is 0.0850. The summed E-state index contributed by atoms with van der Waals surface area (Å²) in [6.07, 6.45) is 3.48. The molecule has 0 aliphatic carbocycles. The Bertz CT molecular complexity index is 293. The molecule has 1 N–H and O–H groups in total. The van der Waals surface area contributed by atoms with Crippen molar-refractivity contribution in [3.8, 4) is 0 Å². The number of aromatic nitrogens is 2. The van der Waals surface area contributed by atoms with Crippen molar-refractivity contribution in [1.29, 1.82) is 0 Å². The van der Waals surface area contributed by atoms with E-state index in [1.165, 1.54) is 6.20 Å². The number of ether oxygens (including phenoxy) is 1. The number of rotatable bonds is 3. The van der Waals surface area contributed by atoms with Gasteiger partial charge in [0.1, 0.15) is 6.20 Å². The molecule has 0 spiro atoms. The van der Waals surface area contributed by atoms with Crippen LogP contribution in [0.5, 0.6) is 0 Å². The third kappa shape index (κ3) is 2.08. The lowest BCUT2D eigenvalue weighted by Crippen LogP contribution is -2.31. The van der Waals surface area contributed by atoms with Gasteiger partial charge >= 0.3 is 0 Å². The van der Waals surface area contributed by atoms with Crippen molar-refractivity contribution in [3.05, 3.63) is 11.9 Å². The van der Waals surface area contributed by atoms with E-state index in [2.05, 4.69) is 20.3 Å². The van der Waals surface area contributed by atoms with E-state index in [4.69, 9.17) is 4.74 Å². The summed E-state index contributed by atoms with van der Waals surface area (Å²) in [6, 6.07) is 0. The van der Waals surface area contributed by atoms with Gasteiger partial charge in [0.05, 0.1) is 6.10 Å². The summed E-state index contributed by atoms with van der Waals surface area (Å²) < 4.78 is 9.66. The SMILES string of the molecule is O=C(NCC1CCCO1)c1cnon1. The maximum atomic E-state index is 11.3. The highest BCUT2D eigenvalue weighted by Gasteiger charge is 2.17. The molecule has 1 aliphatic heterocycles. The van der Waals surface area contributed by atoms with Crippen LogP contribution >= 0.6 is 0 Å². The highest BCUT2D eigenvalue weighted by atomic mass is 16.6. The summed E-state index contributed by atoms with van der Waals surface area (Å²) in [7, 11) is 0. The number of carbonyl (C=O) groups is 1. The second-order valence-corrected chi connectivity index (χ2v) is 3.14. The van der Waals surface area contributed by atoms with E-state index in [0.29, 0.717) is 6.54 Å². The lowest BCUT2D eigenvalue weighted by Gasteiger charge is -2.08. The van der Waals surface area contributed by atoms with E-state index in [1.807, 2.05) is 0 Å². The zero-order valence-electron chi connectivity index (χ0n) is 7.60. The van der Waals surface area contributed by atoms with Crippen LogP contribution in [0, 0.1) is 0 Å². The van der Waals surface area contributed by atoms with Gasteiger partial charge in [-0.3, -0.25) is 4.79 Å². The Kier molecular flexibility index (Phi) is 2.73. The fourth-order valence-electron chi connectivity index (χ4n) is 1.37. The molecule has 2 heterocycles. The van der Waals surface area contributed by atoms with E-state index < -0.39 is 0 Å². The van der Waals surface area contributed by atoms with Gasteiger partial charge in [0, 0.05) is 13.2 Å². The van der Waals surface area contributed by atoms with E-state index in [0.717, 1.165) is 19.4 Å². The highest BCUT2D eigenvalue weighted by Crippen LogP contribution is 2.10. The Balaban J connectivity index is 1.78. The van der Waals surface area contributed by atoms with Crippen LogP contribution in [-0.2, 0) is 4.74 Å². The van der Waals surface area contributed by atoms with Crippen LogP contribution in [0.25, 0.3) is 0 Å². The van der Waals surface area contributed by atoms with E-state index in [1.54, 1.807) is 0 Å². The van der Waals surface area contributed by atoms with Crippen LogP contribution in [0.3, 0.4) is 0 Å². The van der Waals surface area contributed by atoms with Crippen LogP contribution < -0.4 is 5.32 Å². The van der Waals surface area contributed by atoms with Gasteiger partial charge in [-0.2, -0.15) is 0 Å². The molecule has 1 atom stereocenters. The number of hydrogen-bond donors (Lipinski definition) is 1. The quantitative estimate of drug-likeness (QED) is 0.736. The first-order valence-electron chi connectivity index (χ1n) is 4.53. The topological polar surface area (TPSA) is 77.2 Å². The number of carbonyl (C=O) groups excluding carboxylic acids is 1. The minimum atomic E-state index is -0.276. The molecule has 0 aromatic carbocycles. The molecule has 2 rings (SSSR count). The molecular formula is C8H11N3O3. The van der Waals surface area contributed by atoms with Gasteiger partial charge in [-0.05, 0) is 18.0 Å². The summed E-state index contributed by atoms with van der Waals surface area (Å²) in [5, 5.41) is 9.47. The standard InChI is InChI=1S/C8H11N3O3/c12-8(7-5-10-14-11-7)9-4-6-2-1-3-13-6/h5-6H,1-4H2,(H,9,12). The van der Waals surface area contributed by atoms with Crippen molar-refractivity contribution >= 4 is 5.91 Å². The van der Waals surface area contributed by atoms with Crippen molar-refractivity contribution in [2.75, 3.05) is 13.2 Å². The summed E-state index contributed by atoms with van der Waals surface area (Å²) >= 11 is 0. The Hall–Kier alpha value is -1.43. The molecule has 6 heteroatoms. The van der Waals surface area contributed by atoms with E-state index in [9.17, 15) is 4.79 Å². The summed E-state index contributed by atoms with van der Waals surface area (Å²) in [5.74, 6) is -0.276. The molecule has 76 valence electrons. The molecule has 0 saturated carbocycles. The third-order valence-corrected chi connectivity index (χ3v) is 2.11. The number of hydrogen-bond acceptors (Lipinski definition) is 5. The molecule has 0 radical (unpaired) electrons. The van der Waals surface area contributed by atoms with Crippen molar-refractivity contribution in [3.63, 3.8) is 0 Å². The van der Waals surface area contributed by atoms with Gasteiger partial charge < -0.3 is 10.1 Å². The highest BCUT2D eigenvalue weighted by molar-refractivity contribution is 5.91. The Morgan fingerprint density at radius 1 is 1.71 bits per heavy atom. The van der Waals surface area contributed by atoms with Gasteiger partial charge in [0.25, 0.3) is 5.91 Å². The van der Waals surface area contributed by atoms with Crippen LogP contribution in [0.4, 0.5) is 0 Å². The Morgan fingerprint density at radius 3 is 3.29 bits per heavy atom. The van der Waals surface area contributed by atoms with E-state index in [-0.39, 0.29) is 17.7 Å². The van der Waals surface area contributed by atoms with Crippen molar-refractivity contribution in [1.82, 2.24) is 15.6 Å². The zero-order chi connectivity index (χ0) is 9.80. The predicted octanol–water partition coefficient (Wildman–Crippen LogP) is -0.0216. The second kappa shape index (κ2) is 4.19. The Labute approximate surface area is 80.6 Å². The maximum Gasteiger partial charge on any atom is 0.275 e. The van der Waals surface area contributed by atoms with Crippen LogP contribution in [0.15, 0.2) is 10.8 Å². The van der Waals surface area contributed by atoms with Crippen molar-refractivity contribution in [2.24, 2.45) is 0 Å². The average molecular weight is 197 g/mol. The normalized spacial score (nSPS) is 21.0.